The molecule has 0 bridgehead atoms. The molecule has 0 heterocycles. The molecule has 1 aromatic rings. The van der Waals surface area contributed by atoms with Crippen molar-refractivity contribution in [2.24, 2.45) is 0 Å². The third kappa shape index (κ3) is 3.83. The second kappa shape index (κ2) is 7.79. The molecule has 1 N–H and O–H groups in total. The van der Waals surface area contributed by atoms with E-state index in [9.17, 15) is 8.42 Å². The maximum Gasteiger partial charge on any atom is 0.183 e. The lowest BCUT2D eigenvalue weighted by Crippen LogP contribution is -2.44. The molecule has 3 nitrogen and oxygen atoms in total. The highest BCUT2D eigenvalue weighted by atomic mass is 32.2. The highest BCUT2D eigenvalue weighted by Crippen LogP contribution is 2.25. The van der Waals surface area contributed by atoms with Crippen LogP contribution in [0.2, 0.25) is 0 Å². The lowest BCUT2D eigenvalue weighted by Gasteiger charge is -2.27. The lowest BCUT2D eigenvalue weighted by atomic mass is 10.1. The largest absolute Gasteiger partial charge is 0.313 e. The zero-order valence-electron chi connectivity index (χ0n) is 13.0. The van der Waals surface area contributed by atoms with Crippen molar-refractivity contribution in [3.8, 4) is 0 Å². The van der Waals surface area contributed by atoms with Crippen molar-refractivity contribution in [2.75, 3.05) is 6.54 Å². The Morgan fingerprint density at radius 3 is 2.30 bits per heavy atom. The maximum atomic E-state index is 12.9. The molecule has 1 aromatic carbocycles. The summed E-state index contributed by atoms with van der Waals surface area (Å²) in [5.74, 6) is 0. The first-order valence-corrected chi connectivity index (χ1v) is 9.06. The summed E-state index contributed by atoms with van der Waals surface area (Å²) >= 11 is 0. The highest BCUT2D eigenvalue weighted by molar-refractivity contribution is 7.92. The number of hydrogen-bond donors (Lipinski definition) is 1. The molecule has 0 fully saturated rings. The molecule has 0 aliphatic carbocycles. The Labute approximate surface area is 123 Å². The Balaban J connectivity index is 3.18. The second-order valence-corrected chi connectivity index (χ2v) is 7.35. The smallest absolute Gasteiger partial charge is 0.183 e. The van der Waals surface area contributed by atoms with E-state index >= 15 is 0 Å². The fourth-order valence-corrected chi connectivity index (χ4v) is 4.97. The summed E-state index contributed by atoms with van der Waals surface area (Å²) in [6.45, 7) is 8.74. The van der Waals surface area contributed by atoms with Gasteiger partial charge in [0.1, 0.15) is 0 Å². The summed E-state index contributed by atoms with van der Waals surface area (Å²) in [6.07, 6.45) is 2.50. The van der Waals surface area contributed by atoms with E-state index in [0.29, 0.717) is 11.3 Å². The molecule has 1 rings (SSSR count). The highest BCUT2D eigenvalue weighted by Gasteiger charge is 2.33. The van der Waals surface area contributed by atoms with E-state index in [4.69, 9.17) is 0 Å². The second-order valence-electron chi connectivity index (χ2n) is 5.21. The molecule has 20 heavy (non-hydrogen) atoms. The maximum absolute atomic E-state index is 12.9. The Bertz CT molecular complexity index is 505. The number of hydrogen-bond acceptors (Lipinski definition) is 3. The molecule has 114 valence electrons. The summed E-state index contributed by atoms with van der Waals surface area (Å²) in [5, 5.41) is 2.99. The minimum atomic E-state index is -3.29. The van der Waals surface area contributed by atoms with Crippen LogP contribution in [0.25, 0.3) is 0 Å². The molecule has 0 saturated heterocycles. The zero-order valence-corrected chi connectivity index (χ0v) is 13.8. The van der Waals surface area contributed by atoms with Crippen molar-refractivity contribution >= 4 is 9.84 Å². The van der Waals surface area contributed by atoms with Gasteiger partial charge < -0.3 is 5.32 Å². The molecule has 0 aromatic heterocycles. The monoisotopic (exact) mass is 297 g/mol. The normalized spacial score (nSPS) is 15.0. The van der Waals surface area contributed by atoms with Crippen LogP contribution in [0.5, 0.6) is 0 Å². The molecule has 0 amide bonds. The third-order valence-electron chi connectivity index (χ3n) is 3.72. The van der Waals surface area contributed by atoms with Crippen molar-refractivity contribution in [1.29, 1.82) is 0 Å². The van der Waals surface area contributed by atoms with Crippen LogP contribution in [0.1, 0.15) is 45.6 Å². The van der Waals surface area contributed by atoms with Gasteiger partial charge in [-0.05, 0) is 37.9 Å². The number of nitrogens with one attached hydrogen (secondary N) is 1. The van der Waals surface area contributed by atoms with Gasteiger partial charge in [-0.1, -0.05) is 45.4 Å². The van der Waals surface area contributed by atoms with E-state index in [1.165, 1.54) is 0 Å². The molecule has 4 heteroatoms. The van der Waals surface area contributed by atoms with Crippen molar-refractivity contribution in [1.82, 2.24) is 5.32 Å². The van der Waals surface area contributed by atoms with Crippen LogP contribution in [0, 0.1) is 6.92 Å². The van der Waals surface area contributed by atoms with Gasteiger partial charge in [-0.2, -0.15) is 0 Å². The average Bonchev–Trinajstić information content (AvgIpc) is 2.40. The van der Waals surface area contributed by atoms with Gasteiger partial charge in [0.05, 0.1) is 10.1 Å². The van der Waals surface area contributed by atoms with Gasteiger partial charge in [0.15, 0.2) is 9.84 Å². The quantitative estimate of drug-likeness (QED) is 0.800. The van der Waals surface area contributed by atoms with E-state index in [0.717, 1.165) is 24.9 Å². The van der Waals surface area contributed by atoms with Crippen molar-refractivity contribution in [3.05, 3.63) is 29.8 Å². The van der Waals surface area contributed by atoms with Crippen LogP contribution < -0.4 is 5.32 Å². The van der Waals surface area contributed by atoms with E-state index < -0.39 is 9.84 Å². The van der Waals surface area contributed by atoms with Gasteiger partial charge in [0.25, 0.3) is 0 Å². The topological polar surface area (TPSA) is 46.2 Å². The molecular weight excluding hydrogens is 270 g/mol. The Morgan fingerprint density at radius 1 is 1.15 bits per heavy atom. The lowest BCUT2D eigenvalue weighted by molar-refractivity contribution is 0.445. The Morgan fingerprint density at radius 2 is 1.80 bits per heavy atom. The molecule has 0 radical (unpaired) electrons. The van der Waals surface area contributed by atoms with Crippen LogP contribution in [-0.2, 0) is 9.84 Å². The van der Waals surface area contributed by atoms with Crippen LogP contribution in [0.15, 0.2) is 29.2 Å². The molecule has 0 saturated carbocycles. The van der Waals surface area contributed by atoms with Gasteiger partial charge in [-0.3, -0.25) is 0 Å². The summed E-state index contributed by atoms with van der Waals surface area (Å²) in [4.78, 5) is 0.478. The molecule has 2 atom stereocenters. The molecule has 0 aliphatic rings. The first kappa shape index (κ1) is 17.2. The predicted octanol–water partition coefficient (Wildman–Crippen LogP) is 3.33. The first-order chi connectivity index (χ1) is 9.48. The first-order valence-electron chi connectivity index (χ1n) is 7.51. The van der Waals surface area contributed by atoms with Crippen molar-refractivity contribution in [3.63, 3.8) is 0 Å². The Kier molecular flexibility index (Phi) is 6.69. The van der Waals surface area contributed by atoms with E-state index in [1.807, 2.05) is 32.9 Å². The number of aryl methyl sites for hydroxylation is 1. The van der Waals surface area contributed by atoms with Gasteiger partial charge in [-0.15, -0.1) is 0 Å². The number of sulfone groups is 1. The predicted molar refractivity (Wildman–Crippen MR) is 84.8 cm³/mol. The van der Waals surface area contributed by atoms with E-state index in [1.54, 1.807) is 12.1 Å². The van der Waals surface area contributed by atoms with Gasteiger partial charge >= 0.3 is 0 Å². The summed E-state index contributed by atoms with van der Waals surface area (Å²) in [5.41, 5.74) is 0.831. The number of rotatable bonds is 8. The van der Waals surface area contributed by atoms with Gasteiger partial charge in [0.2, 0.25) is 0 Å². The number of benzene rings is 1. The average molecular weight is 297 g/mol. The van der Waals surface area contributed by atoms with E-state index in [2.05, 4.69) is 12.2 Å². The van der Waals surface area contributed by atoms with E-state index in [-0.39, 0.29) is 11.3 Å². The fraction of sp³-hybridized carbons (Fsp3) is 0.625. The summed E-state index contributed by atoms with van der Waals surface area (Å²) < 4.78 is 25.9. The fourth-order valence-electron chi connectivity index (χ4n) is 2.75. The standard InChI is InChI=1S/C16H27NO2S/c1-5-10-14(17-7-3)15(6-2)20(18,19)16-12-9-8-11-13(16)4/h8-9,11-12,14-15,17H,5-7,10H2,1-4H3. The van der Waals surface area contributed by atoms with Crippen LogP contribution in [0.4, 0.5) is 0 Å². The van der Waals surface area contributed by atoms with Gasteiger partial charge in [-0.25, -0.2) is 8.42 Å². The zero-order chi connectivity index (χ0) is 15.2. The minimum absolute atomic E-state index is 0.0274. The SMILES string of the molecule is CCCC(NCC)C(CC)S(=O)(=O)c1ccccc1C. The van der Waals surface area contributed by atoms with Crippen LogP contribution in [0.3, 0.4) is 0 Å². The van der Waals surface area contributed by atoms with Crippen LogP contribution in [-0.4, -0.2) is 26.3 Å². The summed E-state index contributed by atoms with van der Waals surface area (Å²) in [6, 6.07) is 7.29. The Hall–Kier alpha value is -0.870. The van der Waals surface area contributed by atoms with Crippen molar-refractivity contribution < 1.29 is 8.42 Å². The van der Waals surface area contributed by atoms with Crippen molar-refractivity contribution in [2.45, 2.75) is 63.1 Å². The molecule has 0 spiro atoms. The molecule has 2 unspecified atom stereocenters. The summed E-state index contributed by atoms with van der Waals surface area (Å²) in [7, 11) is -3.29. The molecular formula is C16H27NO2S. The van der Waals surface area contributed by atoms with Crippen LogP contribution >= 0.6 is 0 Å². The third-order valence-corrected chi connectivity index (χ3v) is 6.25. The minimum Gasteiger partial charge on any atom is -0.313 e. The molecule has 0 aliphatic heterocycles. The van der Waals surface area contributed by atoms with Gasteiger partial charge in [0, 0.05) is 6.04 Å².